The first-order chi connectivity index (χ1) is 12.6. The average molecular weight is 358 g/mol. The highest BCUT2D eigenvalue weighted by Gasteiger charge is 2.23. The van der Waals surface area contributed by atoms with Crippen molar-refractivity contribution in [2.75, 3.05) is 45.9 Å². The van der Waals surface area contributed by atoms with Gasteiger partial charge in [-0.15, -0.1) is 0 Å². The smallest absolute Gasteiger partial charge is 0.251 e. The molecule has 1 N–H and O–H groups in total. The minimum Gasteiger partial charge on any atom is -0.379 e. The van der Waals surface area contributed by atoms with Gasteiger partial charge in [0, 0.05) is 38.3 Å². The maximum atomic E-state index is 12.7. The molecule has 1 aromatic carbocycles. The molecule has 0 aromatic heterocycles. The van der Waals surface area contributed by atoms with Crippen LogP contribution in [0.25, 0.3) is 0 Å². The third kappa shape index (κ3) is 6.14. The fourth-order valence-corrected chi connectivity index (χ4v) is 2.81. The lowest BCUT2D eigenvalue weighted by atomic mass is 10.2. The Morgan fingerprint density at radius 3 is 2.62 bits per heavy atom. The number of benzene rings is 1. The molecule has 26 heavy (non-hydrogen) atoms. The minimum atomic E-state index is -0.647. The molecule has 2 amide bonds. The lowest BCUT2D eigenvalue weighted by Gasteiger charge is -2.31. The molecule has 1 unspecified atom stereocenters. The van der Waals surface area contributed by atoms with Crippen LogP contribution in [0.2, 0.25) is 0 Å². The van der Waals surface area contributed by atoms with E-state index >= 15 is 0 Å². The van der Waals surface area contributed by atoms with Crippen LogP contribution < -0.4 is 5.32 Å². The standard InChI is InChI=1S/C19H26N4O3/c1-16(21-18(24)17-6-3-2-4-7-17)19(25)23(9-5-8-20)11-10-22-12-14-26-15-13-22/h2-4,6-7,16H,5,9-15H2,1H3,(H,21,24). The molecule has 1 saturated heterocycles. The Morgan fingerprint density at radius 1 is 1.27 bits per heavy atom. The van der Waals surface area contributed by atoms with Crippen molar-refractivity contribution in [3.05, 3.63) is 35.9 Å². The first-order valence-electron chi connectivity index (χ1n) is 8.93. The Balaban J connectivity index is 1.91. The van der Waals surface area contributed by atoms with Gasteiger partial charge < -0.3 is 15.0 Å². The van der Waals surface area contributed by atoms with Crippen LogP contribution in [0.3, 0.4) is 0 Å². The lowest BCUT2D eigenvalue weighted by Crippen LogP contribution is -2.50. The summed E-state index contributed by atoms with van der Waals surface area (Å²) in [6.45, 7) is 6.42. The number of ether oxygens (including phenoxy) is 1. The summed E-state index contributed by atoms with van der Waals surface area (Å²) >= 11 is 0. The Bertz CT molecular complexity index is 623. The summed E-state index contributed by atoms with van der Waals surface area (Å²) in [5, 5.41) is 11.6. The number of amides is 2. The molecule has 0 spiro atoms. The van der Waals surface area contributed by atoms with Crippen molar-refractivity contribution in [1.29, 1.82) is 5.26 Å². The Hall–Kier alpha value is -2.43. The fourth-order valence-electron chi connectivity index (χ4n) is 2.81. The SMILES string of the molecule is CC(NC(=O)c1ccccc1)C(=O)N(CCC#N)CCN1CCOCC1. The average Bonchev–Trinajstić information content (AvgIpc) is 2.69. The Morgan fingerprint density at radius 2 is 1.96 bits per heavy atom. The number of carbonyl (C=O) groups excluding carboxylic acids is 2. The van der Waals surface area contributed by atoms with Gasteiger partial charge in [0.05, 0.1) is 25.7 Å². The number of nitriles is 1. The highest BCUT2D eigenvalue weighted by atomic mass is 16.5. The van der Waals surface area contributed by atoms with Gasteiger partial charge in [0.2, 0.25) is 5.91 Å². The Labute approximate surface area is 154 Å². The van der Waals surface area contributed by atoms with E-state index < -0.39 is 6.04 Å². The van der Waals surface area contributed by atoms with Crippen molar-refractivity contribution in [2.24, 2.45) is 0 Å². The van der Waals surface area contributed by atoms with Gasteiger partial charge in [-0.3, -0.25) is 14.5 Å². The van der Waals surface area contributed by atoms with Gasteiger partial charge in [0.25, 0.3) is 5.91 Å². The summed E-state index contributed by atoms with van der Waals surface area (Å²) in [5.74, 6) is -0.447. The van der Waals surface area contributed by atoms with Crippen LogP contribution in [0.5, 0.6) is 0 Å². The van der Waals surface area contributed by atoms with Crippen molar-refractivity contribution in [2.45, 2.75) is 19.4 Å². The number of carbonyl (C=O) groups is 2. The van der Waals surface area contributed by atoms with E-state index in [4.69, 9.17) is 10.00 Å². The maximum Gasteiger partial charge on any atom is 0.251 e. The third-order valence-electron chi connectivity index (χ3n) is 4.35. The first kappa shape index (κ1) is 19.9. The van der Waals surface area contributed by atoms with Crippen LogP contribution in [0.15, 0.2) is 30.3 Å². The van der Waals surface area contributed by atoms with E-state index in [0.29, 0.717) is 31.9 Å². The largest absolute Gasteiger partial charge is 0.379 e. The van der Waals surface area contributed by atoms with Crippen LogP contribution in [0.4, 0.5) is 0 Å². The topological polar surface area (TPSA) is 85.7 Å². The molecule has 0 aliphatic carbocycles. The van der Waals surface area contributed by atoms with Gasteiger partial charge in [-0.1, -0.05) is 18.2 Å². The van der Waals surface area contributed by atoms with Crippen LogP contribution in [0.1, 0.15) is 23.7 Å². The second kappa shape index (κ2) is 10.5. The van der Waals surface area contributed by atoms with E-state index in [1.54, 1.807) is 36.1 Å². The monoisotopic (exact) mass is 358 g/mol. The predicted octanol–water partition coefficient (Wildman–Crippen LogP) is 0.879. The van der Waals surface area contributed by atoms with E-state index in [-0.39, 0.29) is 18.2 Å². The molecule has 7 heteroatoms. The molecule has 2 rings (SSSR count). The zero-order valence-corrected chi connectivity index (χ0v) is 15.2. The van der Waals surface area contributed by atoms with Crippen molar-refractivity contribution in [3.63, 3.8) is 0 Å². The molecular weight excluding hydrogens is 332 g/mol. The molecule has 1 aromatic rings. The quantitative estimate of drug-likeness (QED) is 0.746. The minimum absolute atomic E-state index is 0.169. The molecule has 1 atom stereocenters. The van der Waals surface area contributed by atoms with Crippen molar-refractivity contribution in [1.82, 2.24) is 15.1 Å². The molecule has 1 aliphatic heterocycles. The fraction of sp³-hybridized carbons (Fsp3) is 0.526. The van der Waals surface area contributed by atoms with E-state index in [1.165, 1.54) is 0 Å². The van der Waals surface area contributed by atoms with Crippen molar-refractivity contribution < 1.29 is 14.3 Å². The zero-order chi connectivity index (χ0) is 18.8. The first-order valence-corrected chi connectivity index (χ1v) is 8.93. The van der Waals surface area contributed by atoms with Gasteiger partial charge in [-0.2, -0.15) is 5.26 Å². The highest BCUT2D eigenvalue weighted by Crippen LogP contribution is 2.04. The van der Waals surface area contributed by atoms with Crippen LogP contribution in [-0.2, 0) is 9.53 Å². The van der Waals surface area contributed by atoms with E-state index in [9.17, 15) is 9.59 Å². The molecule has 140 valence electrons. The summed E-state index contributed by atoms with van der Waals surface area (Å²) in [6.07, 6.45) is 0.272. The summed E-state index contributed by atoms with van der Waals surface area (Å²) < 4.78 is 5.33. The van der Waals surface area contributed by atoms with Crippen molar-refractivity contribution in [3.8, 4) is 6.07 Å². The normalized spacial score (nSPS) is 15.7. The van der Waals surface area contributed by atoms with Crippen molar-refractivity contribution >= 4 is 11.8 Å². The highest BCUT2D eigenvalue weighted by molar-refractivity contribution is 5.97. The number of nitrogens with one attached hydrogen (secondary N) is 1. The zero-order valence-electron chi connectivity index (χ0n) is 15.2. The number of hydrogen-bond acceptors (Lipinski definition) is 5. The van der Waals surface area contributed by atoms with Gasteiger partial charge in [-0.25, -0.2) is 0 Å². The summed E-state index contributed by atoms with van der Waals surface area (Å²) in [5.41, 5.74) is 0.518. The second-order valence-electron chi connectivity index (χ2n) is 6.25. The van der Waals surface area contributed by atoms with Crippen LogP contribution in [0, 0.1) is 11.3 Å². The lowest BCUT2D eigenvalue weighted by molar-refractivity contribution is -0.133. The summed E-state index contributed by atoms with van der Waals surface area (Å²) in [4.78, 5) is 28.9. The Kier molecular flexibility index (Phi) is 8.06. The predicted molar refractivity (Wildman–Crippen MR) is 97.4 cm³/mol. The molecule has 1 heterocycles. The van der Waals surface area contributed by atoms with E-state index in [1.807, 2.05) is 6.07 Å². The van der Waals surface area contributed by atoms with Gasteiger partial charge in [0.15, 0.2) is 0 Å². The van der Waals surface area contributed by atoms with E-state index in [2.05, 4.69) is 16.3 Å². The summed E-state index contributed by atoms with van der Waals surface area (Å²) in [6, 6.07) is 10.2. The molecule has 0 radical (unpaired) electrons. The number of nitrogens with zero attached hydrogens (tertiary/aromatic N) is 3. The molecule has 0 saturated carbocycles. The number of hydrogen-bond donors (Lipinski definition) is 1. The second-order valence-corrected chi connectivity index (χ2v) is 6.25. The molecule has 1 aliphatic rings. The van der Waals surface area contributed by atoms with Crippen LogP contribution in [-0.4, -0.2) is 73.6 Å². The number of rotatable bonds is 8. The van der Waals surface area contributed by atoms with Gasteiger partial charge in [-0.05, 0) is 19.1 Å². The third-order valence-corrected chi connectivity index (χ3v) is 4.35. The molecule has 7 nitrogen and oxygen atoms in total. The maximum absolute atomic E-state index is 12.7. The molecule has 0 bridgehead atoms. The van der Waals surface area contributed by atoms with Gasteiger partial charge >= 0.3 is 0 Å². The van der Waals surface area contributed by atoms with E-state index in [0.717, 1.165) is 19.6 Å². The number of morpholine rings is 1. The van der Waals surface area contributed by atoms with Crippen LogP contribution >= 0.6 is 0 Å². The molecular formula is C19H26N4O3. The molecule has 1 fully saturated rings. The van der Waals surface area contributed by atoms with Gasteiger partial charge in [0.1, 0.15) is 6.04 Å². The summed E-state index contributed by atoms with van der Waals surface area (Å²) in [7, 11) is 0.